The number of rotatable bonds is 7. The summed E-state index contributed by atoms with van der Waals surface area (Å²) in [6, 6.07) is 9.89. The zero-order valence-corrected chi connectivity index (χ0v) is 12.7. The van der Waals surface area contributed by atoms with Crippen LogP contribution in [0.2, 0.25) is 0 Å². The van der Waals surface area contributed by atoms with E-state index in [1.54, 1.807) is 19.4 Å². The Morgan fingerprint density at radius 2 is 1.90 bits per heavy atom. The van der Waals surface area contributed by atoms with Crippen molar-refractivity contribution in [2.45, 2.75) is 33.1 Å². The summed E-state index contributed by atoms with van der Waals surface area (Å²) in [5.74, 6) is 1.13. The van der Waals surface area contributed by atoms with Gasteiger partial charge in [-0.3, -0.25) is 0 Å². The molecule has 0 bridgehead atoms. The lowest BCUT2D eigenvalue weighted by Crippen LogP contribution is -2.10. The molecule has 5 heteroatoms. The first-order valence-corrected chi connectivity index (χ1v) is 6.98. The highest BCUT2D eigenvalue weighted by atomic mass is 16.5. The molecule has 0 saturated carbocycles. The Morgan fingerprint density at radius 3 is 2.62 bits per heavy atom. The number of ether oxygens (including phenoxy) is 2. The predicted octanol–water partition coefficient (Wildman–Crippen LogP) is 3.02. The number of aromatic nitrogens is 2. The van der Waals surface area contributed by atoms with Crippen molar-refractivity contribution in [1.82, 2.24) is 9.97 Å². The van der Waals surface area contributed by atoms with Crippen LogP contribution in [0.25, 0.3) is 0 Å². The fourth-order valence-corrected chi connectivity index (χ4v) is 1.93. The van der Waals surface area contributed by atoms with Crippen LogP contribution in [-0.2, 0) is 17.9 Å². The molecule has 5 nitrogen and oxygen atoms in total. The number of methoxy groups -OCH3 is 1. The maximum Gasteiger partial charge on any atom is 0.226 e. The molecule has 0 aliphatic rings. The fourth-order valence-electron chi connectivity index (χ4n) is 1.93. The number of hydrogen-bond donors (Lipinski definition) is 1. The summed E-state index contributed by atoms with van der Waals surface area (Å²) in [5.41, 5.74) is 2.32. The summed E-state index contributed by atoms with van der Waals surface area (Å²) in [6.45, 7) is 5.17. The number of anilines is 1. The van der Waals surface area contributed by atoms with E-state index in [2.05, 4.69) is 27.4 Å². The van der Waals surface area contributed by atoms with Gasteiger partial charge >= 0.3 is 0 Å². The van der Waals surface area contributed by atoms with Crippen molar-refractivity contribution in [2.24, 2.45) is 0 Å². The van der Waals surface area contributed by atoms with E-state index < -0.39 is 0 Å². The Hall–Kier alpha value is -2.14. The van der Waals surface area contributed by atoms with E-state index in [1.165, 1.54) is 0 Å². The minimum Gasteiger partial charge on any atom is -0.475 e. The molecule has 0 unspecified atom stereocenters. The van der Waals surface area contributed by atoms with Gasteiger partial charge in [-0.2, -0.15) is 4.98 Å². The average molecular weight is 287 g/mol. The number of nitrogens with zero attached hydrogens (tertiary/aromatic N) is 2. The van der Waals surface area contributed by atoms with Gasteiger partial charge in [-0.05, 0) is 25.0 Å². The Balaban J connectivity index is 2.03. The Labute approximate surface area is 125 Å². The second-order valence-corrected chi connectivity index (χ2v) is 4.94. The van der Waals surface area contributed by atoms with Crippen LogP contribution in [0, 0.1) is 0 Å². The maximum absolute atomic E-state index is 5.56. The van der Waals surface area contributed by atoms with Crippen molar-refractivity contribution in [1.29, 1.82) is 0 Å². The van der Waals surface area contributed by atoms with E-state index in [0.29, 0.717) is 25.0 Å². The molecule has 1 N–H and O–H groups in total. The molecule has 0 amide bonds. The minimum absolute atomic E-state index is 0.0928. The van der Waals surface area contributed by atoms with Gasteiger partial charge in [0.05, 0.1) is 12.7 Å². The Kier molecular flexibility index (Phi) is 5.51. The standard InChI is InChI=1S/C16H21N3O2/c1-12(2)21-15-8-9-17-16(19-15)18-10-13-6-4-5-7-14(13)11-20-3/h4-9,12H,10-11H2,1-3H3,(H,17,18,19). The van der Waals surface area contributed by atoms with Crippen molar-refractivity contribution in [3.8, 4) is 5.88 Å². The lowest BCUT2D eigenvalue weighted by Gasteiger charge is -2.12. The molecule has 0 radical (unpaired) electrons. The van der Waals surface area contributed by atoms with Crippen LogP contribution in [0.3, 0.4) is 0 Å². The van der Waals surface area contributed by atoms with Crippen LogP contribution in [0.5, 0.6) is 5.88 Å². The van der Waals surface area contributed by atoms with Crippen LogP contribution >= 0.6 is 0 Å². The van der Waals surface area contributed by atoms with Crippen molar-refractivity contribution in [3.63, 3.8) is 0 Å². The average Bonchev–Trinajstić information content (AvgIpc) is 2.46. The molecule has 21 heavy (non-hydrogen) atoms. The number of hydrogen-bond acceptors (Lipinski definition) is 5. The van der Waals surface area contributed by atoms with Gasteiger partial charge in [-0.15, -0.1) is 0 Å². The number of benzene rings is 1. The van der Waals surface area contributed by atoms with Crippen molar-refractivity contribution < 1.29 is 9.47 Å². The summed E-state index contributed by atoms with van der Waals surface area (Å²) < 4.78 is 10.8. The second kappa shape index (κ2) is 7.59. The first-order valence-electron chi connectivity index (χ1n) is 6.98. The lowest BCUT2D eigenvalue weighted by atomic mass is 10.1. The van der Waals surface area contributed by atoms with Crippen LogP contribution in [0.15, 0.2) is 36.5 Å². The molecule has 0 saturated heterocycles. The molecule has 0 atom stereocenters. The molecule has 2 rings (SSSR count). The van der Waals surface area contributed by atoms with E-state index in [4.69, 9.17) is 9.47 Å². The van der Waals surface area contributed by atoms with Gasteiger partial charge < -0.3 is 14.8 Å². The van der Waals surface area contributed by atoms with Crippen LogP contribution in [0.1, 0.15) is 25.0 Å². The summed E-state index contributed by atoms with van der Waals surface area (Å²) in [5, 5.41) is 3.22. The van der Waals surface area contributed by atoms with Crippen LogP contribution in [-0.4, -0.2) is 23.2 Å². The topological polar surface area (TPSA) is 56.3 Å². The van der Waals surface area contributed by atoms with Crippen LogP contribution in [0.4, 0.5) is 5.95 Å². The van der Waals surface area contributed by atoms with Crippen molar-refractivity contribution >= 4 is 5.95 Å². The van der Waals surface area contributed by atoms with Gasteiger partial charge in [-0.25, -0.2) is 4.98 Å². The monoisotopic (exact) mass is 287 g/mol. The molecule has 2 aromatic rings. The quantitative estimate of drug-likeness (QED) is 0.848. The van der Waals surface area contributed by atoms with Gasteiger partial charge in [-0.1, -0.05) is 24.3 Å². The van der Waals surface area contributed by atoms with Crippen molar-refractivity contribution in [2.75, 3.05) is 12.4 Å². The van der Waals surface area contributed by atoms with E-state index in [9.17, 15) is 0 Å². The smallest absolute Gasteiger partial charge is 0.226 e. The summed E-state index contributed by atoms with van der Waals surface area (Å²) >= 11 is 0. The molecule has 0 fully saturated rings. The first kappa shape index (κ1) is 15.3. The SMILES string of the molecule is COCc1ccccc1CNc1nccc(OC(C)C)n1. The van der Waals surface area contributed by atoms with Crippen LogP contribution < -0.4 is 10.1 Å². The van der Waals surface area contributed by atoms with E-state index in [-0.39, 0.29) is 6.10 Å². The minimum atomic E-state index is 0.0928. The van der Waals surface area contributed by atoms with Gasteiger partial charge in [0.2, 0.25) is 11.8 Å². The first-order chi connectivity index (χ1) is 10.2. The Bertz CT molecular complexity index is 573. The molecule has 0 aliphatic heterocycles. The summed E-state index contributed by atoms with van der Waals surface area (Å²) in [4.78, 5) is 8.53. The molecular formula is C16H21N3O2. The van der Waals surface area contributed by atoms with Gasteiger partial charge in [0.1, 0.15) is 0 Å². The third-order valence-corrected chi connectivity index (χ3v) is 2.84. The molecule has 1 heterocycles. The Morgan fingerprint density at radius 1 is 1.14 bits per heavy atom. The highest BCUT2D eigenvalue weighted by molar-refractivity contribution is 5.33. The highest BCUT2D eigenvalue weighted by Crippen LogP contribution is 2.14. The molecule has 1 aromatic carbocycles. The molecule has 1 aromatic heterocycles. The fraction of sp³-hybridized carbons (Fsp3) is 0.375. The molecule has 0 aliphatic carbocycles. The summed E-state index contributed by atoms with van der Waals surface area (Å²) in [7, 11) is 1.69. The normalized spacial score (nSPS) is 10.7. The van der Waals surface area contributed by atoms with Gasteiger partial charge in [0.25, 0.3) is 0 Å². The zero-order chi connectivity index (χ0) is 15.1. The molecule has 0 spiro atoms. The third kappa shape index (κ3) is 4.72. The predicted molar refractivity (Wildman–Crippen MR) is 82.3 cm³/mol. The van der Waals surface area contributed by atoms with E-state index in [0.717, 1.165) is 11.1 Å². The molecular weight excluding hydrogens is 266 g/mol. The lowest BCUT2D eigenvalue weighted by molar-refractivity contribution is 0.184. The van der Waals surface area contributed by atoms with E-state index >= 15 is 0 Å². The van der Waals surface area contributed by atoms with Gasteiger partial charge in [0, 0.05) is 25.9 Å². The van der Waals surface area contributed by atoms with Gasteiger partial charge in [0.15, 0.2) is 0 Å². The summed E-state index contributed by atoms with van der Waals surface area (Å²) in [6.07, 6.45) is 1.78. The molecule has 112 valence electrons. The number of nitrogens with one attached hydrogen (secondary N) is 1. The van der Waals surface area contributed by atoms with E-state index in [1.807, 2.05) is 26.0 Å². The van der Waals surface area contributed by atoms with Crippen molar-refractivity contribution in [3.05, 3.63) is 47.7 Å². The third-order valence-electron chi connectivity index (χ3n) is 2.84. The largest absolute Gasteiger partial charge is 0.475 e. The maximum atomic E-state index is 5.56. The second-order valence-electron chi connectivity index (χ2n) is 4.94. The highest BCUT2D eigenvalue weighted by Gasteiger charge is 2.04. The zero-order valence-electron chi connectivity index (χ0n) is 12.7.